The van der Waals surface area contributed by atoms with Crippen molar-refractivity contribution in [3.8, 4) is 5.75 Å². The average molecular weight is 316 g/mol. The van der Waals surface area contributed by atoms with Gasteiger partial charge in [0.25, 0.3) is 0 Å². The average Bonchev–Trinajstić information content (AvgIpc) is 2.60. The zero-order valence-corrected chi connectivity index (χ0v) is 14.1. The van der Waals surface area contributed by atoms with Gasteiger partial charge in [-0.15, -0.1) is 0 Å². The van der Waals surface area contributed by atoms with Crippen molar-refractivity contribution in [2.45, 2.75) is 57.0 Å². The predicted molar refractivity (Wildman–Crippen MR) is 91.7 cm³/mol. The highest BCUT2D eigenvalue weighted by atomic mass is 16.5. The molecule has 1 saturated carbocycles. The van der Waals surface area contributed by atoms with E-state index in [0.717, 1.165) is 18.7 Å². The number of carbonyl (C=O) groups is 1. The molecule has 0 bridgehead atoms. The van der Waals surface area contributed by atoms with Gasteiger partial charge < -0.3 is 15.0 Å². The van der Waals surface area contributed by atoms with Gasteiger partial charge in [-0.2, -0.15) is 0 Å². The van der Waals surface area contributed by atoms with Gasteiger partial charge in [-0.05, 0) is 37.9 Å². The zero-order valence-electron chi connectivity index (χ0n) is 14.1. The van der Waals surface area contributed by atoms with Gasteiger partial charge in [0.2, 0.25) is 5.91 Å². The van der Waals surface area contributed by atoms with Crippen molar-refractivity contribution in [2.75, 3.05) is 20.2 Å². The second-order valence-electron chi connectivity index (χ2n) is 6.91. The SMILES string of the molecule is CN(CCC(=O)N[C@H]1COc2ccccc2C1)C1CCCCC1. The lowest BCUT2D eigenvalue weighted by atomic mass is 9.94. The first-order valence-corrected chi connectivity index (χ1v) is 8.92. The molecule has 1 aromatic rings. The summed E-state index contributed by atoms with van der Waals surface area (Å²) in [4.78, 5) is 14.6. The molecular weight excluding hydrogens is 288 g/mol. The van der Waals surface area contributed by atoms with Crippen LogP contribution < -0.4 is 10.1 Å². The Morgan fingerprint density at radius 2 is 2.04 bits per heavy atom. The Morgan fingerprint density at radius 1 is 1.26 bits per heavy atom. The van der Waals surface area contributed by atoms with E-state index in [9.17, 15) is 4.79 Å². The summed E-state index contributed by atoms with van der Waals surface area (Å²) in [5.74, 6) is 1.09. The van der Waals surface area contributed by atoms with Crippen molar-refractivity contribution < 1.29 is 9.53 Å². The molecule has 4 nitrogen and oxygen atoms in total. The van der Waals surface area contributed by atoms with Crippen LogP contribution in [0, 0.1) is 0 Å². The van der Waals surface area contributed by atoms with Gasteiger partial charge >= 0.3 is 0 Å². The highest BCUT2D eigenvalue weighted by Crippen LogP contribution is 2.24. The molecule has 2 aliphatic rings. The maximum Gasteiger partial charge on any atom is 0.221 e. The number of nitrogens with zero attached hydrogens (tertiary/aromatic N) is 1. The maximum atomic E-state index is 12.2. The number of rotatable bonds is 5. The van der Waals surface area contributed by atoms with E-state index in [-0.39, 0.29) is 11.9 Å². The summed E-state index contributed by atoms with van der Waals surface area (Å²) >= 11 is 0. The highest BCUT2D eigenvalue weighted by Gasteiger charge is 2.22. The van der Waals surface area contributed by atoms with E-state index in [4.69, 9.17) is 4.74 Å². The molecule has 1 aliphatic carbocycles. The Labute approximate surface area is 139 Å². The third-order valence-corrected chi connectivity index (χ3v) is 5.13. The van der Waals surface area contributed by atoms with Crippen LogP contribution in [0.4, 0.5) is 0 Å². The van der Waals surface area contributed by atoms with E-state index in [1.54, 1.807) is 0 Å². The van der Waals surface area contributed by atoms with E-state index >= 15 is 0 Å². The van der Waals surface area contributed by atoms with Crippen molar-refractivity contribution in [2.24, 2.45) is 0 Å². The lowest BCUT2D eigenvalue weighted by Gasteiger charge is -2.31. The Bertz CT molecular complexity index is 526. The summed E-state index contributed by atoms with van der Waals surface area (Å²) in [6.45, 7) is 1.42. The summed E-state index contributed by atoms with van der Waals surface area (Å²) in [7, 11) is 2.16. The molecular formula is C19H28N2O2. The van der Waals surface area contributed by atoms with E-state index in [1.807, 2.05) is 18.2 Å². The molecule has 0 spiro atoms. The molecule has 0 saturated heterocycles. The number of hydrogen-bond donors (Lipinski definition) is 1. The van der Waals surface area contributed by atoms with Crippen molar-refractivity contribution in [1.82, 2.24) is 10.2 Å². The zero-order chi connectivity index (χ0) is 16.1. The number of nitrogens with one attached hydrogen (secondary N) is 1. The van der Waals surface area contributed by atoms with Gasteiger partial charge in [0.05, 0.1) is 6.04 Å². The Morgan fingerprint density at radius 3 is 2.87 bits per heavy atom. The van der Waals surface area contributed by atoms with Gasteiger partial charge in [0, 0.05) is 19.0 Å². The molecule has 0 radical (unpaired) electrons. The Kier molecular flexibility index (Phi) is 5.55. The lowest BCUT2D eigenvalue weighted by Crippen LogP contribution is -2.44. The van der Waals surface area contributed by atoms with Crippen LogP contribution in [0.5, 0.6) is 5.75 Å². The van der Waals surface area contributed by atoms with E-state index in [2.05, 4.69) is 23.3 Å². The van der Waals surface area contributed by atoms with Gasteiger partial charge in [0.15, 0.2) is 0 Å². The van der Waals surface area contributed by atoms with Crippen molar-refractivity contribution >= 4 is 5.91 Å². The number of benzene rings is 1. The second kappa shape index (κ2) is 7.82. The Balaban J connectivity index is 1.41. The first-order valence-electron chi connectivity index (χ1n) is 8.92. The number of ether oxygens (including phenoxy) is 1. The van der Waals surface area contributed by atoms with Crippen LogP contribution in [0.1, 0.15) is 44.1 Å². The number of para-hydroxylation sites is 1. The maximum absolute atomic E-state index is 12.2. The fraction of sp³-hybridized carbons (Fsp3) is 0.632. The van der Waals surface area contributed by atoms with Gasteiger partial charge in [0.1, 0.15) is 12.4 Å². The molecule has 0 unspecified atom stereocenters. The summed E-state index contributed by atoms with van der Waals surface area (Å²) < 4.78 is 5.73. The van der Waals surface area contributed by atoms with Crippen LogP contribution in [0.3, 0.4) is 0 Å². The summed E-state index contributed by atoms with van der Waals surface area (Å²) in [6, 6.07) is 8.83. The smallest absolute Gasteiger partial charge is 0.221 e. The third-order valence-electron chi connectivity index (χ3n) is 5.13. The molecule has 4 heteroatoms. The minimum atomic E-state index is 0.0948. The van der Waals surface area contributed by atoms with Crippen molar-refractivity contribution in [3.63, 3.8) is 0 Å². The van der Waals surface area contributed by atoms with E-state index in [1.165, 1.54) is 37.7 Å². The topological polar surface area (TPSA) is 41.6 Å². The number of amides is 1. The predicted octanol–water partition coefficient (Wildman–Crippen LogP) is 2.76. The number of carbonyl (C=O) groups excluding carboxylic acids is 1. The standard InChI is InChI=1S/C19H28N2O2/c1-21(17-8-3-2-4-9-17)12-11-19(22)20-16-13-15-7-5-6-10-18(15)23-14-16/h5-7,10,16-17H,2-4,8-9,11-14H2,1H3,(H,20,22)/t16-/m1/s1. The van der Waals surface area contributed by atoms with Crippen LogP contribution in [-0.4, -0.2) is 43.1 Å². The normalized spacial score (nSPS) is 21.6. The first-order chi connectivity index (χ1) is 11.2. The third kappa shape index (κ3) is 4.47. The molecule has 1 heterocycles. The largest absolute Gasteiger partial charge is 0.491 e. The molecule has 0 aromatic heterocycles. The fourth-order valence-electron chi connectivity index (χ4n) is 3.70. The molecule has 1 aromatic carbocycles. The minimum absolute atomic E-state index is 0.0948. The van der Waals surface area contributed by atoms with E-state index < -0.39 is 0 Å². The van der Waals surface area contributed by atoms with Crippen LogP contribution in [-0.2, 0) is 11.2 Å². The Hall–Kier alpha value is -1.55. The van der Waals surface area contributed by atoms with Crippen LogP contribution >= 0.6 is 0 Å². The van der Waals surface area contributed by atoms with Crippen LogP contribution in [0.15, 0.2) is 24.3 Å². The lowest BCUT2D eigenvalue weighted by molar-refractivity contribution is -0.122. The molecule has 1 N–H and O–H groups in total. The molecule has 126 valence electrons. The minimum Gasteiger partial charge on any atom is -0.491 e. The summed E-state index contributed by atoms with van der Waals surface area (Å²) in [6.07, 6.45) is 8.04. The van der Waals surface area contributed by atoms with Crippen LogP contribution in [0.2, 0.25) is 0 Å². The summed E-state index contributed by atoms with van der Waals surface area (Å²) in [5.41, 5.74) is 1.18. The molecule has 1 aliphatic heterocycles. The van der Waals surface area contributed by atoms with Crippen molar-refractivity contribution in [3.05, 3.63) is 29.8 Å². The first kappa shape index (κ1) is 16.3. The molecule has 1 atom stereocenters. The van der Waals surface area contributed by atoms with Crippen LogP contribution in [0.25, 0.3) is 0 Å². The van der Waals surface area contributed by atoms with Gasteiger partial charge in [-0.1, -0.05) is 37.5 Å². The van der Waals surface area contributed by atoms with Crippen molar-refractivity contribution in [1.29, 1.82) is 0 Å². The molecule has 3 rings (SSSR count). The van der Waals surface area contributed by atoms with Gasteiger partial charge in [-0.25, -0.2) is 0 Å². The molecule has 1 amide bonds. The quantitative estimate of drug-likeness (QED) is 0.908. The van der Waals surface area contributed by atoms with E-state index in [0.29, 0.717) is 19.1 Å². The fourth-order valence-corrected chi connectivity index (χ4v) is 3.70. The van der Waals surface area contributed by atoms with Gasteiger partial charge in [-0.3, -0.25) is 4.79 Å². The molecule has 1 fully saturated rings. The summed E-state index contributed by atoms with van der Waals surface area (Å²) in [5, 5.41) is 3.13. The second-order valence-corrected chi connectivity index (χ2v) is 6.91. The monoisotopic (exact) mass is 316 g/mol. The number of fused-ring (bicyclic) bond motifs is 1. The number of hydrogen-bond acceptors (Lipinski definition) is 3. The molecule has 23 heavy (non-hydrogen) atoms. The highest BCUT2D eigenvalue weighted by molar-refractivity contribution is 5.76.